The van der Waals surface area contributed by atoms with Crippen LogP contribution in [0.1, 0.15) is 45.1 Å². The Bertz CT molecular complexity index is 836. The monoisotopic (exact) mass is 368 g/mol. The Morgan fingerprint density at radius 3 is 3.04 bits per heavy atom. The number of H-pyrrole nitrogens is 1. The molecule has 1 saturated heterocycles. The van der Waals surface area contributed by atoms with E-state index in [4.69, 9.17) is 12.2 Å². The van der Waals surface area contributed by atoms with E-state index in [0.29, 0.717) is 11.2 Å². The minimum atomic E-state index is 0.326. The van der Waals surface area contributed by atoms with Gasteiger partial charge >= 0.3 is 0 Å². The molecule has 0 saturated carbocycles. The first-order valence-corrected chi connectivity index (χ1v) is 10.1. The molecule has 26 heavy (non-hydrogen) atoms. The Labute approximate surface area is 161 Å². The van der Waals surface area contributed by atoms with Gasteiger partial charge in [0.25, 0.3) is 0 Å². The first-order chi connectivity index (χ1) is 12.6. The minimum Gasteiger partial charge on any atom is -0.361 e. The lowest BCUT2D eigenvalue weighted by atomic mass is 9.89. The van der Waals surface area contributed by atoms with Crippen LogP contribution in [0.2, 0.25) is 0 Å². The molecule has 2 aliphatic heterocycles. The molecule has 4 nitrogen and oxygen atoms in total. The quantitative estimate of drug-likeness (QED) is 0.698. The summed E-state index contributed by atoms with van der Waals surface area (Å²) in [7, 11) is 0. The van der Waals surface area contributed by atoms with Crippen LogP contribution in [0.15, 0.2) is 30.5 Å². The van der Waals surface area contributed by atoms with E-state index >= 15 is 0 Å². The van der Waals surface area contributed by atoms with Crippen LogP contribution >= 0.6 is 12.2 Å². The number of fused-ring (bicyclic) bond motifs is 2. The van der Waals surface area contributed by atoms with Gasteiger partial charge in [-0.15, -0.1) is 0 Å². The number of aromatic amines is 1. The van der Waals surface area contributed by atoms with Gasteiger partial charge in [-0.25, -0.2) is 0 Å². The molecule has 1 fully saturated rings. The van der Waals surface area contributed by atoms with Crippen LogP contribution in [0, 0.1) is 0 Å². The number of nitrogens with zero attached hydrogens (tertiary/aromatic N) is 1. The van der Waals surface area contributed by atoms with Crippen LogP contribution in [-0.2, 0) is 0 Å². The summed E-state index contributed by atoms with van der Waals surface area (Å²) in [6.07, 6.45) is 9.82. The topological polar surface area (TPSA) is 43.1 Å². The van der Waals surface area contributed by atoms with Gasteiger partial charge in [0.2, 0.25) is 0 Å². The highest BCUT2D eigenvalue weighted by Crippen LogP contribution is 2.35. The van der Waals surface area contributed by atoms with E-state index in [9.17, 15) is 0 Å². The average Bonchev–Trinajstić information content (AvgIpc) is 3.03. The van der Waals surface area contributed by atoms with Gasteiger partial charge in [-0.1, -0.05) is 12.5 Å². The third kappa shape index (κ3) is 3.64. The molecule has 1 unspecified atom stereocenters. The fourth-order valence-corrected chi connectivity index (χ4v) is 4.56. The van der Waals surface area contributed by atoms with Gasteiger partial charge in [-0.05, 0) is 75.6 Å². The minimum absolute atomic E-state index is 0.326. The summed E-state index contributed by atoms with van der Waals surface area (Å²) in [6.45, 7) is 6.53. The molecule has 2 aliphatic rings. The summed E-state index contributed by atoms with van der Waals surface area (Å²) in [4.78, 5) is 6.08. The SMILES string of the molecule is CC(C)NC(=S)Nc1ccc2[nH]cc(C3=CCN4CCCCC4C3)c2c1. The van der Waals surface area contributed by atoms with Crippen molar-refractivity contribution in [2.45, 2.75) is 51.6 Å². The predicted octanol–water partition coefficient (Wildman–Crippen LogP) is 4.50. The van der Waals surface area contributed by atoms with Crippen molar-refractivity contribution in [3.05, 3.63) is 36.0 Å². The number of benzene rings is 1. The molecule has 3 N–H and O–H groups in total. The lowest BCUT2D eigenvalue weighted by Gasteiger charge is -2.38. The molecule has 0 radical (unpaired) electrons. The zero-order valence-corrected chi connectivity index (χ0v) is 16.5. The van der Waals surface area contributed by atoms with Crippen LogP contribution in [0.5, 0.6) is 0 Å². The van der Waals surface area contributed by atoms with Crippen molar-refractivity contribution in [1.82, 2.24) is 15.2 Å². The first-order valence-electron chi connectivity index (χ1n) is 9.72. The molecular formula is C21H28N4S. The second-order valence-corrected chi connectivity index (χ2v) is 8.20. The summed E-state index contributed by atoms with van der Waals surface area (Å²) in [5.74, 6) is 0. The standard InChI is InChI=1S/C21H28N4S/c1-14(2)23-21(26)24-16-6-7-20-18(12-16)19(13-22-20)15-8-10-25-9-4-3-5-17(25)11-15/h6-8,12-14,17,22H,3-5,9-11H2,1-2H3,(H2,23,24,26). The van der Waals surface area contributed by atoms with E-state index in [1.54, 1.807) is 0 Å². The van der Waals surface area contributed by atoms with Crippen molar-refractivity contribution >= 4 is 39.5 Å². The fraction of sp³-hybridized carbons (Fsp3) is 0.476. The zero-order valence-electron chi connectivity index (χ0n) is 15.6. The maximum Gasteiger partial charge on any atom is 0.170 e. The number of thiocarbonyl (C=S) groups is 1. The Morgan fingerprint density at radius 1 is 1.31 bits per heavy atom. The molecular weight excluding hydrogens is 340 g/mol. The van der Waals surface area contributed by atoms with E-state index in [1.807, 2.05) is 0 Å². The molecule has 2 aromatic rings. The summed E-state index contributed by atoms with van der Waals surface area (Å²) in [5.41, 5.74) is 5.04. The molecule has 1 atom stereocenters. The largest absolute Gasteiger partial charge is 0.361 e. The van der Waals surface area contributed by atoms with Gasteiger partial charge in [0.1, 0.15) is 0 Å². The van der Waals surface area contributed by atoms with E-state index in [1.165, 1.54) is 47.8 Å². The van der Waals surface area contributed by atoms with Crippen LogP contribution < -0.4 is 10.6 Å². The number of rotatable bonds is 3. The van der Waals surface area contributed by atoms with E-state index in [-0.39, 0.29) is 0 Å². The highest BCUT2D eigenvalue weighted by Gasteiger charge is 2.27. The second kappa shape index (κ2) is 7.41. The number of anilines is 1. The van der Waals surface area contributed by atoms with Crippen LogP contribution in [0.4, 0.5) is 5.69 Å². The molecule has 0 bridgehead atoms. The predicted molar refractivity (Wildman–Crippen MR) is 115 cm³/mol. The van der Waals surface area contributed by atoms with Crippen LogP contribution in [0.25, 0.3) is 16.5 Å². The molecule has 1 aromatic carbocycles. The van der Waals surface area contributed by atoms with Crippen LogP contribution in [0.3, 0.4) is 0 Å². The molecule has 0 aliphatic carbocycles. The Morgan fingerprint density at radius 2 is 2.19 bits per heavy atom. The van der Waals surface area contributed by atoms with Crippen molar-refractivity contribution < 1.29 is 0 Å². The molecule has 0 spiro atoms. The van der Waals surface area contributed by atoms with Gasteiger partial charge < -0.3 is 15.6 Å². The smallest absolute Gasteiger partial charge is 0.170 e. The lowest BCUT2D eigenvalue weighted by molar-refractivity contribution is 0.161. The van der Waals surface area contributed by atoms with E-state index < -0.39 is 0 Å². The van der Waals surface area contributed by atoms with E-state index in [2.05, 4.69) is 64.8 Å². The van der Waals surface area contributed by atoms with Gasteiger partial charge in [0.15, 0.2) is 5.11 Å². The van der Waals surface area contributed by atoms with Crippen molar-refractivity contribution in [1.29, 1.82) is 0 Å². The Hall–Kier alpha value is -1.85. The molecule has 0 amide bonds. The molecule has 3 heterocycles. The first kappa shape index (κ1) is 17.6. The number of hydrogen-bond acceptors (Lipinski definition) is 2. The summed E-state index contributed by atoms with van der Waals surface area (Å²) >= 11 is 5.39. The number of piperidine rings is 1. The van der Waals surface area contributed by atoms with Crippen molar-refractivity contribution in [3.8, 4) is 0 Å². The van der Waals surface area contributed by atoms with Crippen molar-refractivity contribution in [3.63, 3.8) is 0 Å². The molecule has 5 heteroatoms. The maximum atomic E-state index is 5.39. The van der Waals surface area contributed by atoms with Gasteiger partial charge in [0, 0.05) is 47.0 Å². The van der Waals surface area contributed by atoms with E-state index in [0.717, 1.165) is 24.7 Å². The van der Waals surface area contributed by atoms with Gasteiger partial charge in [0.05, 0.1) is 0 Å². The average molecular weight is 369 g/mol. The fourth-order valence-electron chi connectivity index (χ4n) is 4.21. The molecule has 1 aromatic heterocycles. The normalized spacial score (nSPS) is 20.7. The lowest BCUT2D eigenvalue weighted by Crippen LogP contribution is -2.41. The van der Waals surface area contributed by atoms with Crippen molar-refractivity contribution in [2.24, 2.45) is 0 Å². The third-order valence-corrected chi connectivity index (χ3v) is 5.70. The molecule has 138 valence electrons. The Balaban J connectivity index is 1.59. The zero-order chi connectivity index (χ0) is 18.1. The maximum absolute atomic E-state index is 5.39. The second-order valence-electron chi connectivity index (χ2n) is 7.79. The third-order valence-electron chi connectivity index (χ3n) is 5.48. The van der Waals surface area contributed by atoms with Gasteiger partial charge in [-0.2, -0.15) is 0 Å². The number of hydrogen-bond donors (Lipinski definition) is 3. The van der Waals surface area contributed by atoms with Gasteiger partial charge in [-0.3, -0.25) is 4.90 Å². The Kier molecular flexibility index (Phi) is 5.00. The molecule has 4 rings (SSSR count). The highest BCUT2D eigenvalue weighted by molar-refractivity contribution is 7.80. The number of aromatic nitrogens is 1. The highest BCUT2D eigenvalue weighted by atomic mass is 32.1. The van der Waals surface area contributed by atoms with Crippen molar-refractivity contribution in [2.75, 3.05) is 18.4 Å². The summed E-state index contributed by atoms with van der Waals surface area (Å²) < 4.78 is 0. The van der Waals surface area contributed by atoms with Crippen LogP contribution in [-0.4, -0.2) is 40.2 Å². The summed E-state index contributed by atoms with van der Waals surface area (Å²) in [5, 5.41) is 8.50. The summed E-state index contributed by atoms with van der Waals surface area (Å²) in [6, 6.07) is 7.47. The number of nitrogens with one attached hydrogen (secondary N) is 3.